The lowest BCUT2D eigenvalue weighted by molar-refractivity contribution is 0.0947. The van der Waals surface area contributed by atoms with Gasteiger partial charge in [0.1, 0.15) is 0 Å². The fourth-order valence-corrected chi connectivity index (χ4v) is 1.96. The molecule has 0 saturated heterocycles. The smallest absolute Gasteiger partial charge is 0.407 e. The second kappa shape index (κ2) is 5.28. The predicted molar refractivity (Wildman–Crippen MR) is 72.1 cm³/mol. The highest BCUT2D eigenvalue weighted by atomic mass is 16.5. The van der Waals surface area contributed by atoms with Crippen LogP contribution in [0.2, 0.25) is 0 Å². The van der Waals surface area contributed by atoms with E-state index in [1.165, 1.54) is 0 Å². The van der Waals surface area contributed by atoms with Crippen LogP contribution in [0.3, 0.4) is 0 Å². The third kappa shape index (κ3) is 10.2. The molecule has 3 nitrogen and oxygen atoms in total. The number of carbonyl (C=O) groups excluding carboxylic acids is 1. The van der Waals surface area contributed by atoms with Crippen molar-refractivity contribution in [2.75, 3.05) is 6.61 Å². The minimum absolute atomic E-state index is 0.00547. The van der Waals surface area contributed by atoms with Crippen molar-refractivity contribution >= 4 is 6.09 Å². The molecule has 0 aromatic rings. The first-order valence-electron chi connectivity index (χ1n) is 6.26. The van der Waals surface area contributed by atoms with E-state index in [-0.39, 0.29) is 22.5 Å². The van der Waals surface area contributed by atoms with Crippen LogP contribution in [0.1, 0.15) is 61.8 Å². The maximum Gasteiger partial charge on any atom is 0.407 e. The van der Waals surface area contributed by atoms with Gasteiger partial charge in [-0.2, -0.15) is 0 Å². The maximum absolute atomic E-state index is 11.7. The van der Waals surface area contributed by atoms with E-state index in [1.54, 1.807) is 0 Å². The number of nitrogens with one attached hydrogen (secondary N) is 1. The Kier molecular flexibility index (Phi) is 5.05. The Hall–Kier alpha value is -0.730. The van der Waals surface area contributed by atoms with Gasteiger partial charge in [0, 0.05) is 5.54 Å². The van der Waals surface area contributed by atoms with Crippen molar-refractivity contribution in [3.8, 4) is 0 Å². The van der Waals surface area contributed by atoms with E-state index in [0.717, 1.165) is 6.42 Å². The molecule has 0 aromatic heterocycles. The van der Waals surface area contributed by atoms with E-state index in [2.05, 4.69) is 26.1 Å². The number of hydrogen-bond donors (Lipinski definition) is 1. The quantitative estimate of drug-likeness (QED) is 0.814. The Labute approximate surface area is 106 Å². The van der Waals surface area contributed by atoms with Gasteiger partial charge in [-0.3, -0.25) is 0 Å². The molecular weight excluding hydrogens is 214 g/mol. The van der Waals surface area contributed by atoms with E-state index in [0.29, 0.717) is 6.61 Å². The van der Waals surface area contributed by atoms with Gasteiger partial charge in [0.2, 0.25) is 0 Å². The standard InChI is InChI=1S/C14H29NO2/c1-12(2,3)9-14(7,8)15-11(16)17-10-13(4,5)6/h9-10H2,1-8H3,(H,15,16). The van der Waals surface area contributed by atoms with Crippen molar-refractivity contribution < 1.29 is 9.53 Å². The minimum atomic E-state index is -0.325. The Morgan fingerprint density at radius 3 is 1.76 bits per heavy atom. The van der Waals surface area contributed by atoms with Crippen LogP contribution in [0.25, 0.3) is 0 Å². The maximum atomic E-state index is 11.7. The van der Waals surface area contributed by atoms with Gasteiger partial charge in [-0.05, 0) is 31.1 Å². The average Bonchev–Trinajstić information content (AvgIpc) is 1.93. The monoisotopic (exact) mass is 243 g/mol. The van der Waals surface area contributed by atoms with Crippen LogP contribution in [-0.2, 0) is 4.74 Å². The molecule has 0 aromatic carbocycles. The fraction of sp³-hybridized carbons (Fsp3) is 0.929. The van der Waals surface area contributed by atoms with Crippen LogP contribution in [0.15, 0.2) is 0 Å². The first-order valence-corrected chi connectivity index (χ1v) is 6.26. The largest absolute Gasteiger partial charge is 0.449 e. The molecule has 3 heteroatoms. The lowest BCUT2D eigenvalue weighted by atomic mass is 9.82. The first kappa shape index (κ1) is 16.3. The van der Waals surface area contributed by atoms with Crippen molar-refractivity contribution in [2.24, 2.45) is 10.8 Å². The molecule has 0 bridgehead atoms. The highest BCUT2D eigenvalue weighted by Crippen LogP contribution is 2.26. The van der Waals surface area contributed by atoms with Crippen LogP contribution in [-0.4, -0.2) is 18.2 Å². The first-order chi connectivity index (χ1) is 7.31. The summed E-state index contributed by atoms with van der Waals surface area (Å²) >= 11 is 0. The fourth-order valence-electron chi connectivity index (χ4n) is 1.96. The van der Waals surface area contributed by atoms with Gasteiger partial charge in [-0.1, -0.05) is 41.5 Å². The highest BCUT2D eigenvalue weighted by molar-refractivity contribution is 5.68. The van der Waals surface area contributed by atoms with Crippen LogP contribution in [0.5, 0.6) is 0 Å². The summed E-state index contributed by atoms with van der Waals surface area (Å²) in [6.07, 6.45) is 0.583. The summed E-state index contributed by atoms with van der Waals surface area (Å²) in [5.74, 6) is 0. The van der Waals surface area contributed by atoms with Gasteiger partial charge in [0.15, 0.2) is 0 Å². The van der Waals surface area contributed by atoms with Crippen LogP contribution < -0.4 is 5.32 Å². The molecule has 0 fully saturated rings. The zero-order chi connectivity index (χ0) is 13.9. The molecule has 1 amide bonds. The molecule has 17 heavy (non-hydrogen) atoms. The molecule has 0 radical (unpaired) electrons. The molecule has 0 heterocycles. The molecule has 0 atom stereocenters. The van der Waals surface area contributed by atoms with Gasteiger partial charge in [-0.25, -0.2) is 4.79 Å². The lowest BCUT2D eigenvalue weighted by Gasteiger charge is -2.33. The summed E-state index contributed by atoms with van der Waals surface area (Å²) in [5.41, 5.74) is -0.0560. The zero-order valence-electron chi connectivity index (χ0n) is 12.7. The lowest BCUT2D eigenvalue weighted by Crippen LogP contribution is -2.46. The van der Waals surface area contributed by atoms with Gasteiger partial charge in [-0.15, -0.1) is 0 Å². The molecule has 0 spiro atoms. The Bertz CT molecular complexity index is 256. The number of rotatable bonds is 3. The normalized spacial score (nSPS) is 13.4. The molecular formula is C14H29NO2. The minimum Gasteiger partial charge on any atom is -0.449 e. The highest BCUT2D eigenvalue weighted by Gasteiger charge is 2.27. The SMILES string of the molecule is CC(C)(C)COC(=O)NC(C)(C)CC(C)(C)C. The van der Waals surface area contributed by atoms with Crippen molar-refractivity contribution in [1.29, 1.82) is 0 Å². The van der Waals surface area contributed by atoms with Gasteiger partial charge in [0.25, 0.3) is 0 Å². The van der Waals surface area contributed by atoms with Gasteiger partial charge >= 0.3 is 6.09 Å². The second-order valence-corrected chi connectivity index (χ2v) is 7.88. The van der Waals surface area contributed by atoms with Crippen molar-refractivity contribution in [3.05, 3.63) is 0 Å². The van der Waals surface area contributed by atoms with E-state index in [1.807, 2.05) is 34.6 Å². The number of carbonyl (C=O) groups is 1. The van der Waals surface area contributed by atoms with E-state index >= 15 is 0 Å². The molecule has 0 rings (SSSR count). The Morgan fingerprint density at radius 1 is 0.941 bits per heavy atom. The number of ether oxygens (including phenoxy) is 1. The average molecular weight is 243 g/mol. The summed E-state index contributed by atoms with van der Waals surface area (Å²) in [7, 11) is 0. The van der Waals surface area contributed by atoms with E-state index in [4.69, 9.17) is 4.74 Å². The summed E-state index contributed by atoms with van der Waals surface area (Å²) in [6.45, 7) is 17.1. The summed E-state index contributed by atoms with van der Waals surface area (Å²) < 4.78 is 5.21. The molecule has 0 saturated carbocycles. The van der Waals surface area contributed by atoms with Crippen molar-refractivity contribution in [2.45, 2.75) is 67.3 Å². The molecule has 0 unspecified atom stereocenters. The summed E-state index contributed by atoms with van der Waals surface area (Å²) in [4.78, 5) is 11.7. The molecule has 0 aliphatic heterocycles. The van der Waals surface area contributed by atoms with Crippen molar-refractivity contribution in [1.82, 2.24) is 5.32 Å². The molecule has 0 aliphatic carbocycles. The third-order valence-electron chi connectivity index (χ3n) is 2.05. The second-order valence-electron chi connectivity index (χ2n) is 7.88. The number of alkyl carbamates (subject to hydrolysis) is 1. The Morgan fingerprint density at radius 2 is 1.41 bits per heavy atom. The topological polar surface area (TPSA) is 38.3 Å². The number of hydrogen-bond acceptors (Lipinski definition) is 2. The molecule has 102 valence electrons. The molecule has 1 N–H and O–H groups in total. The zero-order valence-corrected chi connectivity index (χ0v) is 12.7. The van der Waals surface area contributed by atoms with E-state index < -0.39 is 0 Å². The Balaban J connectivity index is 4.19. The van der Waals surface area contributed by atoms with Crippen LogP contribution >= 0.6 is 0 Å². The van der Waals surface area contributed by atoms with Crippen LogP contribution in [0, 0.1) is 10.8 Å². The molecule has 0 aliphatic rings. The van der Waals surface area contributed by atoms with E-state index in [9.17, 15) is 4.79 Å². The van der Waals surface area contributed by atoms with Crippen molar-refractivity contribution in [3.63, 3.8) is 0 Å². The van der Waals surface area contributed by atoms with Crippen LogP contribution in [0.4, 0.5) is 4.79 Å². The predicted octanol–water partition coefficient (Wildman–Crippen LogP) is 3.97. The number of amides is 1. The summed E-state index contributed by atoms with van der Waals surface area (Å²) in [6, 6.07) is 0. The van der Waals surface area contributed by atoms with Gasteiger partial charge in [0.05, 0.1) is 6.61 Å². The van der Waals surface area contributed by atoms with Gasteiger partial charge < -0.3 is 10.1 Å². The third-order valence-corrected chi connectivity index (χ3v) is 2.05. The summed E-state index contributed by atoms with van der Waals surface area (Å²) in [5, 5.41) is 2.92.